The predicted octanol–water partition coefficient (Wildman–Crippen LogP) is 7.28. The normalized spacial score (nSPS) is 29.7. The zero-order valence-corrected chi connectivity index (χ0v) is 28.9. The second-order valence-corrected chi connectivity index (χ2v) is 14.6. The number of Topliss-reactive ketones (excluding diaryl/α,β-unsaturated/α-hetero) is 1. The first-order valence-corrected chi connectivity index (χ1v) is 16.0. The van der Waals surface area contributed by atoms with Gasteiger partial charge in [-0.15, -0.1) is 0 Å². The summed E-state index contributed by atoms with van der Waals surface area (Å²) >= 11 is 0. The van der Waals surface area contributed by atoms with Crippen LogP contribution in [0.5, 0.6) is 0 Å². The van der Waals surface area contributed by atoms with E-state index in [0.717, 1.165) is 16.7 Å². The van der Waals surface area contributed by atoms with E-state index in [2.05, 4.69) is 25.7 Å². The molecule has 246 valence electrons. The lowest BCUT2D eigenvalue weighted by Gasteiger charge is -2.49. The van der Waals surface area contributed by atoms with Gasteiger partial charge in [0.05, 0.1) is 24.4 Å². The molecule has 0 heterocycles. The molecule has 0 aromatic rings. The van der Waals surface area contributed by atoms with Crippen LogP contribution in [0, 0.1) is 34.5 Å². The lowest BCUT2D eigenvalue weighted by Crippen LogP contribution is -2.52. The highest BCUT2D eigenvalue weighted by molar-refractivity contribution is 5.95. The number of aliphatic hydroxyl groups excluding tert-OH is 3. The molecule has 5 nitrogen and oxygen atoms in total. The molecule has 0 bridgehead atoms. The molecule has 5 unspecified atom stereocenters. The first kappa shape index (κ1) is 38.2. The zero-order valence-electron chi connectivity index (χ0n) is 28.9. The number of aliphatic hydroxyl groups is 4. The molecule has 2 aliphatic rings. The molecular weight excluding hydrogens is 560 g/mol. The maximum absolute atomic E-state index is 12.9. The van der Waals surface area contributed by atoms with Crippen molar-refractivity contribution < 1.29 is 25.2 Å². The van der Waals surface area contributed by atoms with E-state index in [1.54, 1.807) is 13.8 Å². The Morgan fingerprint density at radius 2 is 1.44 bits per heavy atom. The second kappa shape index (κ2) is 16.5. The molecule has 1 saturated carbocycles. The van der Waals surface area contributed by atoms with Gasteiger partial charge >= 0.3 is 0 Å². The van der Waals surface area contributed by atoms with Crippen LogP contribution in [0.2, 0.25) is 0 Å². The van der Waals surface area contributed by atoms with Crippen molar-refractivity contribution in [2.45, 2.75) is 106 Å². The molecule has 4 N–H and O–H groups in total. The fraction of sp³-hybridized carbons (Fsp3) is 0.525. The molecule has 0 amide bonds. The summed E-state index contributed by atoms with van der Waals surface area (Å²) in [5.41, 5.74) is 2.89. The molecule has 0 spiro atoms. The molecule has 0 aliphatic heterocycles. The number of carbonyl (C=O) groups excluding carboxylic acids is 1. The van der Waals surface area contributed by atoms with Crippen LogP contribution in [0.15, 0.2) is 94.7 Å². The number of carbonyl (C=O) groups is 1. The number of rotatable bonds is 10. The average molecular weight is 617 g/mol. The number of hydrogen-bond acceptors (Lipinski definition) is 5. The Labute approximate surface area is 272 Å². The van der Waals surface area contributed by atoms with Crippen molar-refractivity contribution in [2.75, 3.05) is 6.61 Å². The fourth-order valence-electron chi connectivity index (χ4n) is 6.74. The molecule has 5 atom stereocenters. The lowest BCUT2D eigenvalue weighted by molar-refractivity contribution is -0.143. The minimum atomic E-state index is -1.08. The van der Waals surface area contributed by atoms with Gasteiger partial charge in [-0.1, -0.05) is 117 Å². The molecular formula is C40H56O5. The smallest absolute Gasteiger partial charge is 0.158 e. The molecule has 0 aromatic heterocycles. The van der Waals surface area contributed by atoms with Crippen molar-refractivity contribution in [3.63, 3.8) is 0 Å². The SMILES string of the molecule is CC(C=CC=C(C#CC1C(C)=CC(O)CC1(C)C)CO)=CC=CC=C(C)C=CC=C(C)C(=O)CC1C(C)(C)CC(O)CC1(C)O. The Morgan fingerprint density at radius 1 is 0.867 bits per heavy atom. The maximum atomic E-state index is 12.9. The second-order valence-electron chi connectivity index (χ2n) is 14.6. The van der Waals surface area contributed by atoms with Crippen molar-refractivity contribution >= 4 is 5.78 Å². The molecule has 45 heavy (non-hydrogen) atoms. The highest BCUT2D eigenvalue weighted by Crippen LogP contribution is 2.48. The van der Waals surface area contributed by atoms with Crippen LogP contribution >= 0.6 is 0 Å². The van der Waals surface area contributed by atoms with E-state index < -0.39 is 17.8 Å². The van der Waals surface area contributed by atoms with E-state index in [1.807, 2.05) is 101 Å². The van der Waals surface area contributed by atoms with E-state index in [-0.39, 0.29) is 41.5 Å². The van der Waals surface area contributed by atoms with Gasteiger partial charge in [0.15, 0.2) is 5.78 Å². The average Bonchev–Trinajstić information content (AvgIpc) is 2.90. The first-order valence-electron chi connectivity index (χ1n) is 16.0. The van der Waals surface area contributed by atoms with Crippen molar-refractivity contribution in [3.8, 4) is 11.8 Å². The molecule has 5 heteroatoms. The summed E-state index contributed by atoms with van der Waals surface area (Å²) in [6.07, 6.45) is 21.9. The summed E-state index contributed by atoms with van der Waals surface area (Å²) in [5.74, 6) is 6.27. The van der Waals surface area contributed by atoms with Crippen LogP contribution in [-0.4, -0.2) is 50.6 Å². The topological polar surface area (TPSA) is 98.0 Å². The Kier molecular flexibility index (Phi) is 14.0. The fourth-order valence-corrected chi connectivity index (χ4v) is 6.74. The van der Waals surface area contributed by atoms with Gasteiger partial charge in [-0.25, -0.2) is 0 Å². The Balaban J connectivity index is 1.95. The zero-order chi connectivity index (χ0) is 34.0. The van der Waals surface area contributed by atoms with Crippen molar-refractivity contribution in [1.29, 1.82) is 0 Å². The van der Waals surface area contributed by atoms with E-state index in [1.165, 1.54) is 0 Å². The summed E-state index contributed by atoms with van der Waals surface area (Å²) in [7, 11) is 0. The standard InChI is InChI=1S/C40H56O5/c1-28(16-12-18-30(3)36(44)23-37-39(7,8)25-34(43)26-40(37,9)45)14-10-11-15-29(2)17-13-19-32(27-41)20-21-35-31(4)22-33(42)24-38(35,5)6/h10-19,22,33-35,37,41-43,45H,23-27H2,1-9H3. The van der Waals surface area contributed by atoms with E-state index in [0.29, 0.717) is 30.4 Å². The summed E-state index contributed by atoms with van der Waals surface area (Å²) in [6, 6.07) is 0. The third-order valence-corrected chi connectivity index (χ3v) is 9.10. The van der Waals surface area contributed by atoms with E-state index >= 15 is 0 Å². The van der Waals surface area contributed by atoms with Crippen molar-refractivity contribution in [2.24, 2.45) is 22.7 Å². The number of ketones is 1. The van der Waals surface area contributed by atoms with E-state index in [4.69, 9.17) is 0 Å². The van der Waals surface area contributed by atoms with Crippen LogP contribution in [0.25, 0.3) is 0 Å². The van der Waals surface area contributed by atoms with Gasteiger partial charge in [0, 0.05) is 24.3 Å². The first-order chi connectivity index (χ1) is 20.9. The van der Waals surface area contributed by atoms with Crippen LogP contribution in [-0.2, 0) is 4.79 Å². The van der Waals surface area contributed by atoms with Crippen molar-refractivity contribution in [1.82, 2.24) is 0 Å². The summed E-state index contributed by atoms with van der Waals surface area (Å²) in [5, 5.41) is 40.9. The maximum Gasteiger partial charge on any atom is 0.158 e. The molecule has 2 rings (SSSR count). The molecule has 0 radical (unpaired) electrons. The molecule has 0 saturated heterocycles. The van der Waals surface area contributed by atoms with Crippen LogP contribution in [0.1, 0.15) is 88.0 Å². The van der Waals surface area contributed by atoms with Gasteiger partial charge < -0.3 is 20.4 Å². The monoisotopic (exact) mass is 616 g/mol. The van der Waals surface area contributed by atoms with Gasteiger partial charge in [0.25, 0.3) is 0 Å². The van der Waals surface area contributed by atoms with Crippen LogP contribution < -0.4 is 0 Å². The molecule has 0 aromatic carbocycles. The summed E-state index contributed by atoms with van der Waals surface area (Å²) in [6.45, 7) is 17.7. The van der Waals surface area contributed by atoms with Gasteiger partial charge in [-0.05, 0) is 75.9 Å². The number of hydrogen-bond donors (Lipinski definition) is 4. The third kappa shape index (κ3) is 12.0. The van der Waals surface area contributed by atoms with Gasteiger partial charge in [-0.2, -0.15) is 0 Å². The molecule has 1 fully saturated rings. The highest BCUT2D eigenvalue weighted by atomic mass is 16.3. The Bertz CT molecular complexity index is 1340. The van der Waals surface area contributed by atoms with Gasteiger partial charge in [0.1, 0.15) is 0 Å². The summed E-state index contributed by atoms with van der Waals surface area (Å²) < 4.78 is 0. The third-order valence-electron chi connectivity index (χ3n) is 9.10. The number of allylic oxidation sites excluding steroid dienone is 14. The van der Waals surface area contributed by atoms with Gasteiger partial charge in [0.2, 0.25) is 0 Å². The van der Waals surface area contributed by atoms with Gasteiger partial charge in [-0.3, -0.25) is 4.79 Å². The highest BCUT2D eigenvalue weighted by Gasteiger charge is 2.49. The molecule has 2 aliphatic carbocycles. The predicted molar refractivity (Wildman–Crippen MR) is 186 cm³/mol. The summed E-state index contributed by atoms with van der Waals surface area (Å²) in [4.78, 5) is 12.9. The quantitative estimate of drug-likeness (QED) is 0.0895. The van der Waals surface area contributed by atoms with E-state index in [9.17, 15) is 25.2 Å². The minimum absolute atomic E-state index is 0.0127. The largest absolute Gasteiger partial charge is 0.393 e. The van der Waals surface area contributed by atoms with Crippen molar-refractivity contribution in [3.05, 3.63) is 94.7 Å². The Morgan fingerprint density at radius 3 is 1.98 bits per heavy atom. The Hall–Kier alpha value is -3.01. The van der Waals surface area contributed by atoms with Crippen LogP contribution in [0.4, 0.5) is 0 Å². The van der Waals surface area contributed by atoms with Crippen LogP contribution in [0.3, 0.4) is 0 Å². The minimum Gasteiger partial charge on any atom is -0.393 e. The lowest BCUT2D eigenvalue weighted by atomic mass is 9.59.